The fourth-order valence-corrected chi connectivity index (χ4v) is 3.81. The van der Waals surface area contributed by atoms with Crippen LogP contribution in [0.2, 0.25) is 0 Å². The zero-order chi connectivity index (χ0) is 21.2. The molecule has 0 spiro atoms. The lowest BCUT2D eigenvalue weighted by Gasteiger charge is -2.19. The van der Waals surface area contributed by atoms with Crippen LogP contribution in [0.15, 0.2) is 47.6 Å². The highest BCUT2D eigenvalue weighted by atomic mass is 15.2. The number of nitrogens with zero attached hydrogens (tertiary/aromatic N) is 4. The molecule has 0 atom stereocenters. The molecule has 6 heteroatoms. The summed E-state index contributed by atoms with van der Waals surface area (Å²) in [7, 11) is 1.80. The molecule has 0 amide bonds. The molecule has 0 saturated carbocycles. The molecule has 2 heterocycles. The molecule has 2 aromatic rings. The summed E-state index contributed by atoms with van der Waals surface area (Å²) in [5.74, 6) is 1.82. The van der Waals surface area contributed by atoms with E-state index in [-0.39, 0.29) is 0 Å². The van der Waals surface area contributed by atoms with E-state index in [4.69, 9.17) is 0 Å². The van der Waals surface area contributed by atoms with Crippen molar-refractivity contribution in [3.8, 4) is 0 Å². The van der Waals surface area contributed by atoms with Crippen LogP contribution < -0.4 is 15.5 Å². The molecule has 1 aliphatic heterocycles. The average molecular weight is 409 g/mol. The number of pyridine rings is 1. The van der Waals surface area contributed by atoms with Gasteiger partial charge in [-0.3, -0.25) is 9.89 Å². The number of rotatable bonds is 9. The molecular weight excluding hydrogens is 372 g/mol. The molecule has 6 nitrogen and oxygen atoms in total. The Bertz CT molecular complexity index is 774. The SMILES string of the molecule is CCN(CC)c1ccc(CNC(=NC)NCc2ccc(CN3CCCC3)cc2)cn1. The van der Waals surface area contributed by atoms with Crippen LogP contribution in [0.3, 0.4) is 0 Å². The third-order valence-corrected chi connectivity index (χ3v) is 5.67. The van der Waals surface area contributed by atoms with Gasteiger partial charge in [0.1, 0.15) is 5.82 Å². The fraction of sp³-hybridized carbons (Fsp3) is 0.500. The highest BCUT2D eigenvalue weighted by Crippen LogP contribution is 2.13. The summed E-state index contributed by atoms with van der Waals surface area (Å²) in [6.45, 7) is 11.2. The molecule has 1 aromatic carbocycles. The first kappa shape index (κ1) is 22.1. The van der Waals surface area contributed by atoms with Gasteiger partial charge in [-0.15, -0.1) is 0 Å². The summed E-state index contributed by atoms with van der Waals surface area (Å²) in [5, 5.41) is 6.77. The monoisotopic (exact) mass is 408 g/mol. The van der Waals surface area contributed by atoms with Crippen molar-refractivity contribution in [3.05, 3.63) is 59.3 Å². The molecule has 0 unspecified atom stereocenters. The normalized spacial score (nSPS) is 14.7. The summed E-state index contributed by atoms with van der Waals surface area (Å²) in [4.78, 5) is 13.7. The van der Waals surface area contributed by atoms with Crippen LogP contribution in [-0.2, 0) is 19.6 Å². The summed E-state index contributed by atoms with van der Waals surface area (Å²) < 4.78 is 0. The van der Waals surface area contributed by atoms with Gasteiger partial charge in [-0.25, -0.2) is 4.98 Å². The Morgan fingerprint density at radius 1 is 0.933 bits per heavy atom. The van der Waals surface area contributed by atoms with Crippen molar-refractivity contribution in [2.75, 3.05) is 38.1 Å². The highest BCUT2D eigenvalue weighted by Gasteiger charge is 2.11. The van der Waals surface area contributed by atoms with E-state index in [1.807, 2.05) is 6.20 Å². The van der Waals surface area contributed by atoms with Crippen LogP contribution in [0, 0.1) is 0 Å². The maximum atomic E-state index is 4.59. The Hall–Kier alpha value is -2.60. The lowest BCUT2D eigenvalue weighted by Crippen LogP contribution is -2.36. The molecule has 162 valence electrons. The first-order valence-corrected chi connectivity index (χ1v) is 11.2. The van der Waals surface area contributed by atoms with E-state index in [0.717, 1.165) is 43.5 Å². The van der Waals surface area contributed by atoms with E-state index >= 15 is 0 Å². The van der Waals surface area contributed by atoms with Gasteiger partial charge < -0.3 is 15.5 Å². The summed E-state index contributed by atoms with van der Waals surface area (Å²) in [6.07, 6.45) is 4.61. The largest absolute Gasteiger partial charge is 0.357 e. The predicted molar refractivity (Wildman–Crippen MR) is 126 cm³/mol. The minimum absolute atomic E-state index is 0.694. The van der Waals surface area contributed by atoms with Gasteiger partial charge in [-0.05, 0) is 62.5 Å². The quantitative estimate of drug-likeness (QED) is 0.492. The smallest absolute Gasteiger partial charge is 0.191 e. The standard InChI is InChI=1S/C24H36N6/c1-4-30(5-2)23-13-12-22(17-26-23)18-28-24(25-3)27-16-20-8-10-21(11-9-20)19-29-14-6-7-15-29/h8-13,17H,4-7,14-16,18-19H2,1-3H3,(H2,25,27,28). The van der Waals surface area contributed by atoms with E-state index in [0.29, 0.717) is 6.54 Å². The summed E-state index contributed by atoms with van der Waals surface area (Å²) >= 11 is 0. The Morgan fingerprint density at radius 2 is 1.53 bits per heavy atom. The zero-order valence-electron chi connectivity index (χ0n) is 18.7. The number of anilines is 1. The molecular formula is C24H36N6. The minimum atomic E-state index is 0.694. The van der Waals surface area contributed by atoms with Crippen molar-refractivity contribution >= 4 is 11.8 Å². The lowest BCUT2D eigenvalue weighted by atomic mass is 10.1. The van der Waals surface area contributed by atoms with E-state index in [9.17, 15) is 0 Å². The Balaban J connectivity index is 1.44. The second-order valence-corrected chi connectivity index (χ2v) is 7.78. The van der Waals surface area contributed by atoms with Crippen LogP contribution in [0.4, 0.5) is 5.82 Å². The number of likely N-dealkylation sites (tertiary alicyclic amines) is 1. The maximum Gasteiger partial charge on any atom is 0.191 e. The third-order valence-electron chi connectivity index (χ3n) is 5.67. The molecule has 0 aliphatic carbocycles. The second kappa shape index (κ2) is 11.6. The van der Waals surface area contributed by atoms with Crippen molar-refractivity contribution in [3.63, 3.8) is 0 Å². The van der Waals surface area contributed by atoms with Crippen molar-refractivity contribution in [1.29, 1.82) is 0 Å². The molecule has 3 rings (SSSR count). The van der Waals surface area contributed by atoms with E-state index in [1.165, 1.54) is 37.1 Å². The first-order valence-electron chi connectivity index (χ1n) is 11.2. The van der Waals surface area contributed by atoms with Gasteiger partial charge in [0.15, 0.2) is 5.96 Å². The van der Waals surface area contributed by atoms with E-state index in [1.54, 1.807) is 7.05 Å². The molecule has 1 aliphatic rings. The highest BCUT2D eigenvalue weighted by molar-refractivity contribution is 5.79. The van der Waals surface area contributed by atoms with Gasteiger partial charge in [0.25, 0.3) is 0 Å². The lowest BCUT2D eigenvalue weighted by molar-refractivity contribution is 0.331. The summed E-state index contributed by atoms with van der Waals surface area (Å²) in [6, 6.07) is 13.1. The van der Waals surface area contributed by atoms with Gasteiger partial charge >= 0.3 is 0 Å². The van der Waals surface area contributed by atoms with Gasteiger partial charge in [0.2, 0.25) is 0 Å². The van der Waals surface area contributed by atoms with Crippen LogP contribution in [0.5, 0.6) is 0 Å². The number of benzene rings is 1. The van der Waals surface area contributed by atoms with Crippen molar-refractivity contribution in [1.82, 2.24) is 20.5 Å². The van der Waals surface area contributed by atoms with Gasteiger partial charge in [0, 0.05) is 46.0 Å². The number of nitrogens with one attached hydrogen (secondary N) is 2. The number of aromatic nitrogens is 1. The number of guanidine groups is 1. The van der Waals surface area contributed by atoms with E-state index < -0.39 is 0 Å². The minimum Gasteiger partial charge on any atom is -0.357 e. The van der Waals surface area contributed by atoms with Crippen molar-refractivity contribution in [2.24, 2.45) is 4.99 Å². The van der Waals surface area contributed by atoms with Crippen LogP contribution >= 0.6 is 0 Å². The number of hydrogen-bond acceptors (Lipinski definition) is 4. The summed E-state index contributed by atoms with van der Waals surface area (Å²) in [5.41, 5.74) is 3.79. The number of hydrogen-bond donors (Lipinski definition) is 2. The molecule has 1 saturated heterocycles. The topological polar surface area (TPSA) is 55.8 Å². The Morgan fingerprint density at radius 3 is 2.10 bits per heavy atom. The molecule has 1 aromatic heterocycles. The van der Waals surface area contributed by atoms with Crippen LogP contribution in [-0.4, -0.2) is 49.1 Å². The van der Waals surface area contributed by atoms with Crippen molar-refractivity contribution < 1.29 is 0 Å². The molecule has 0 radical (unpaired) electrons. The Labute approximate surface area is 181 Å². The predicted octanol–water partition coefficient (Wildman–Crippen LogP) is 3.39. The molecule has 2 N–H and O–H groups in total. The van der Waals surface area contributed by atoms with Gasteiger partial charge in [0.05, 0.1) is 0 Å². The first-order chi connectivity index (χ1) is 14.7. The van der Waals surface area contributed by atoms with Crippen molar-refractivity contribution in [2.45, 2.75) is 46.3 Å². The average Bonchev–Trinajstić information content (AvgIpc) is 3.30. The third kappa shape index (κ3) is 6.46. The fourth-order valence-electron chi connectivity index (χ4n) is 3.81. The van der Waals surface area contributed by atoms with Crippen LogP contribution in [0.25, 0.3) is 0 Å². The molecule has 1 fully saturated rings. The van der Waals surface area contributed by atoms with E-state index in [2.05, 4.69) is 80.7 Å². The molecule has 30 heavy (non-hydrogen) atoms. The second-order valence-electron chi connectivity index (χ2n) is 7.78. The van der Waals surface area contributed by atoms with Gasteiger partial charge in [-0.1, -0.05) is 30.3 Å². The zero-order valence-corrected chi connectivity index (χ0v) is 18.7. The number of aliphatic imine (C=N–C) groups is 1. The van der Waals surface area contributed by atoms with Gasteiger partial charge in [-0.2, -0.15) is 0 Å². The Kier molecular flexibility index (Phi) is 8.51. The molecule has 0 bridgehead atoms. The maximum absolute atomic E-state index is 4.59. The van der Waals surface area contributed by atoms with Crippen LogP contribution in [0.1, 0.15) is 43.4 Å².